The average molecular weight is 413 g/mol. The summed E-state index contributed by atoms with van der Waals surface area (Å²) < 4.78 is 38.8. The van der Waals surface area contributed by atoms with Gasteiger partial charge in [0.25, 0.3) is 0 Å². The Kier molecular flexibility index (Phi) is 8.27. The van der Waals surface area contributed by atoms with Gasteiger partial charge < -0.3 is 14.8 Å². The molecule has 0 aromatic heterocycles. The topological polar surface area (TPSA) is 84.9 Å². The number of aryl methyl sites for hydroxylation is 1. The van der Waals surface area contributed by atoms with Crippen LogP contribution in [0.4, 0.5) is 0 Å². The van der Waals surface area contributed by atoms with Crippen molar-refractivity contribution in [1.82, 2.24) is 9.62 Å². The molecule has 1 atom stereocenters. The Hall–Kier alpha value is -1.64. The second-order valence-electron chi connectivity index (χ2n) is 7.42. The van der Waals surface area contributed by atoms with Crippen molar-refractivity contribution in [2.45, 2.75) is 62.9 Å². The van der Waals surface area contributed by atoms with E-state index in [0.29, 0.717) is 12.4 Å². The third-order valence-electron chi connectivity index (χ3n) is 5.01. The Balaban J connectivity index is 2.35. The molecule has 1 aliphatic rings. The molecule has 0 unspecified atom stereocenters. The number of benzene rings is 1. The van der Waals surface area contributed by atoms with E-state index >= 15 is 0 Å². The summed E-state index contributed by atoms with van der Waals surface area (Å²) in [5, 5.41) is 2.81. The van der Waals surface area contributed by atoms with Crippen molar-refractivity contribution < 1.29 is 22.7 Å². The lowest BCUT2D eigenvalue weighted by Gasteiger charge is -2.33. The summed E-state index contributed by atoms with van der Waals surface area (Å²) in [6.45, 7) is 3.82. The smallest absolute Gasteiger partial charge is 0.247 e. The third-order valence-corrected chi connectivity index (χ3v) is 6.93. The normalized spacial score (nSPS) is 16.8. The molecule has 1 fully saturated rings. The van der Waals surface area contributed by atoms with Crippen LogP contribution in [0.25, 0.3) is 0 Å². The fourth-order valence-electron chi connectivity index (χ4n) is 3.64. The van der Waals surface area contributed by atoms with Crippen molar-refractivity contribution in [3.8, 4) is 5.75 Å². The van der Waals surface area contributed by atoms with Crippen molar-refractivity contribution >= 4 is 15.9 Å². The van der Waals surface area contributed by atoms with Gasteiger partial charge in [0.05, 0.1) is 20.3 Å². The fourth-order valence-corrected chi connectivity index (χ4v) is 5.53. The molecule has 1 saturated carbocycles. The third kappa shape index (κ3) is 5.68. The molecule has 158 valence electrons. The number of rotatable bonds is 9. The lowest BCUT2D eigenvalue weighted by Crippen LogP contribution is -2.49. The lowest BCUT2D eigenvalue weighted by atomic mass is 9.95. The zero-order chi connectivity index (χ0) is 20.7. The summed E-state index contributed by atoms with van der Waals surface area (Å²) >= 11 is 0. The van der Waals surface area contributed by atoms with Gasteiger partial charge in [0, 0.05) is 19.2 Å². The molecule has 0 radical (unpaired) electrons. The first-order chi connectivity index (χ1) is 13.3. The molecule has 1 aromatic carbocycles. The Bertz CT molecular complexity index is 760. The maximum absolute atomic E-state index is 13.6. The minimum absolute atomic E-state index is 0.110. The van der Waals surface area contributed by atoms with Crippen LogP contribution in [0, 0.1) is 6.92 Å². The highest BCUT2D eigenvalue weighted by molar-refractivity contribution is 7.89. The minimum Gasteiger partial charge on any atom is -0.495 e. The molecule has 8 heteroatoms. The van der Waals surface area contributed by atoms with Gasteiger partial charge in [0.15, 0.2) is 0 Å². The Morgan fingerprint density at radius 3 is 2.54 bits per heavy atom. The SMILES string of the molecule is COC[C@@H](C)NC(=O)CN(C1CCCCC1)S(=O)(=O)c1cc(C)ccc1OC. The molecule has 0 aliphatic heterocycles. The fraction of sp³-hybridized carbons (Fsp3) is 0.650. The number of ether oxygens (including phenoxy) is 2. The van der Waals surface area contributed by atoms with Gasteiger partial charge in [0.2, 0.25) is 15.9 Å². The average Bonchev–Trinajstić information content (AvgIpc) is 2.66. The highest BCUT2D eigenvalue weighted by Crippen LogP contribution is 2.32. The molecule has 28 heavy (non-hydrogen) atoms. The number of hydrogen-bond acceptors (Lipinski definition) is 5. The second-order valence-corrected chi connectivity index (χ2v) is 9.28. The van der Waals surface area contributed by atoms with E-state index in [2.05, 4.69) is 5.32 Å². The molecule has 1 amide bonds. The first-order valence-corrected chi connectivity index (χ1v) is 11.2. The van der Waals surface area contributed by atoms with Gasteiger partial charge in [-0.25, -0.2) is 8.42 Å². The molecule has 1 N–H and O–H groups in total. The zero-order valence-corrected chi connectivity index (χ0v) is 18.0. The van der Waals surface area contributed by atoms with Crippen LogP contribution < -0.4 is 10.1 Å². The van der Waals surface area contributed by atoms with Crippen LogP contribution in [0.5, 0.6) is 5.75 Å². The predicted octanol–water partition coefficient (Wildman–Crippen LogP) is 2.48. The van der Waals surface area contributed by atoms with Gasteiger partial charge in [-0.3, -0.25) is 4.79 Å². The molecule has 0 spiro atoms. The Morgan fingerprint density at radius 2 is 1.93 bits per heavy atom. The van der Waals surface area contributed by atoms with Crippen LogP contribution in [0.2, 0.25) is 0 Å². The summed E-state index contributed by atoms with van der Waals surface area (Å²) in [7, 11) is -0.880. The Labute approximate surface area is 168 Å². The first kappa shape index (κ1) is 22.6. The molecule has 0 saturated heterocycles. The van der Waals surface area contributed by atoms with Gasteiger partial charge in [0.1, 0.15) is 10.6 Å². The molecular weight excluding hydrogens is 380 g/mol. The van der Waals surface area contributed by atoms with E-state index in [1.807, 2.05) is 19.9 Å². The van der Waals surface area contributed by atoms with E-state index in [0.717, 1.165) is 37.7 Å². The van der Waals surface area contributed by atoms with E-state index in [9.17, 15) is 13.2 Å². The number of methoxy groups -OCH3 is 2. The minimum atomic E-state index is -3.89. The molecule has 2 rings (SSSR count). The van der Waals surface area contributed by atoms with Crippen LogP contribution in [0.15, 0.2) is 23.1 Å². The van der Waals surface area contributed by atoms with E-state index in [1.54, 1.807) is 19.2 Å². The van der Waals surface area contributed by atoms with Crippen LogP contribution >= 0.6 is 0 Å². The zero-order valence-electron chi connectivity index (χ0n) is 17.2. The number of amides is 1. The van der Waals surface area contributed by atoms with E-state index in [1.165, 1.54) is 11.4 Å². The van der Waals surface area contributed by atoms with Crippen LogP contribution in [-0.2, 0) is 19.6 Å². The molecule has 1 aliphatic carbocycles. The predicted molar refractivity (Wildman–Crippen MR) is 108 cm³/mol. The van der Waals surface area contributed by atoms with Crippen LogP contribution in [-0.4, -0.2) is 58.1 Å². The van der Waals surface area contributed by atoms with E-state index < -0.39 is 10.0 Å². The largest absolute Gasteiger partial charge is 0.495 e. The van der Waals surface area contributed by atoms with Crippen LogP contribution in [0.1, 0.15) is 44.6 Å². The number of carbonyl (C=O) groups excluding carboxylic acids is 1. The van der Waals surface area contributed by atoms with Crippen molar-refractivity contribution in [2.75, 3.05) is 27.4 Å². The number of nitrogens with one attached hydrogen (secondary N) is 1. The van der Waals surface area contributed by atoms with E-state index in [-0.39, 0.29) is 29.4 Å². The highest BCUT2D eigenvalue weighted by atomic mass is 32.2. The number of nitrogens with zero attached hydrogens (tertiary/aromatic N) is 1. The maximum atomic E-state index is 13.6. The number of sulfonamides is 1. The van der Waals surface area contributed by atoms with Crippen molar-refractivity contribution in [2.24, 2.45) is 0 Å². The van der Waals surface area contributed by atoms with Crippen molar-refractivity contribution in [1.29, 1.82) is 0 Å². The quantitative estimate of drug-likeness (QED) is 0.674. The maximum Gasteiger partial charge on any atom is 0.247 e. The monoisotopic (exact) mass is 412 g/mol. The van der Waals surface area contributed by atoms with Crippen LogP contribution in [0.3, 0.4) is 0 Å². The molecule has 7 nitrogen and oxygen atoms in total. The Morgan fingerprint density at radius 1 is 1.25 bits per heavy atom. The summed E-state index contributed by atoms with van der Waals surface area (Å²) in [6, 6.07) is 4.69. The highest BCUT2D eigenvalue weighted by Gasteiger charge is 2.35. The van der Waals surface area contributed by atoms with Gasteiger partial charge in [-0.2, -0.15) is 4.31 Å². The summed E-state index contributed by atoms with van der Waals surface area (Å²) in [6.07, 6.45) is 4.53. The number of carbonyl (C=O) groups is 1. The molecule has 0 heterocycles. The van der Waals surface area contributed by atoms with Crippen molar-refractivity contribution in [3.63, 3.8) is 0 Å². The second kappa shape index (κ2) is 10.2. The standard InChI is InChI=1S/C20H32N2O5S/c1-15-10-11-18(27-4)19(12-15)28(24,25)22(17-8-6-5-7-9-17)13-20(23)21-16(2)14-26-3/h10-12,16-17H,5-9,13-14H2,1-4H3,(H,21,23)/t16-/m1/s1. The van der Waals surface area contributed by atoms with E-state index in [4.69, 9.17) is 9.47 Å². The number of hydrogen-bond donors (Lipinski definition) is 1. The van der Waals surface area contributed by atoms with Gasteiger partial charge in [-0.15, -0.1) is 0 Å². The van der Waals surface area contributed by atoms with Gasteiger partial charge >= 0.3 is 0 Å². The summed E-state index contributed by atoms with van der Waals surface area (Å²) in [5.41, 5.74) is 0.820. The molecular formula is C20H32N2O5S. The van der Waals surface area contributed by atoms with Crippen molar-refractivity contribution in [3.05, 3.63) is 23.8 Å². The van der Waals surface area contributed by atoms with Gasteiger partial charge in [-0.05, 0) is 44.4 Å². The summed E-state index contributed by atoms with van der Waals surface area (Å²) in [5.74, 6) is -0.0371. The lowest BCUT2D eigenvalue weighted by molar-refractivity contribution is -0.122. The summed E-state index contributed by atoms with van der Waals surface area (Å²) in [4.78, 5) is 12.7. The molecule has 0 bridgehead atoms. The molecule has 1 aromatic rings. The first-order valence-electron chi connectivity index (χ1n) is 9.74. The van der Waals surface area contributed by atoms with Gasteiger partial charge in [-0.1, -0.05) is 25.3 Å².